The third-order valence-electron chi connectivity index (χ3n) is 5.74. The van der Waals surface area contributed by atoms with E-state index in [1.807, 2.05) is 36.4 Å². The number of rotatable bonds is 9. The van der Waals surface area contributed by atoms with Crippen molar-refractivity contribution in [3.63, 3.8) is 0 Å². The predicted molar refractivity (Wildman–Crippen MR) is 126 cm³/mol. The van der Waals surface area contributed by atoms with Gasteiger partial charge in [0.15, 0.2) is 0 Å². The fraction of sp³-hybridized carbons (Fsp3) is 0.400. The Bertz CT molecular complexity index is 995. The van der Waals surface area contributed by atoms with Crippen LogP contribution in [-0.2, 0) is 6.54 Å². The van der Waals surface area contributed by atoms with Gasteiger partial charge in [0.2, 0.25) is 0 Å². The average molecular weight is 434 g/mol. The van der Waals surface area contributed by atoms with Crippen molar-refractivity contribution in [2.75, 3.05) is 11.9 Å². The summed E-state index contributed by atoms with van der Waals surface area (Å²) in [5.74, 6) is 0.811. The topological polar surface area (TPSA) is 81.1 Å². The van der Waals surface area contributed by atoms with Crippen LogP contribution in [0.2, 0.25) is 0 Å². The molecule has 4 rings (SSSR count). The van der Waals surface area contributed by atoms with E-state index in [4.69, 9.17) is 9.84 Å². The molecule has 0 saturated heterocycles. The van der Waals surface area contributed by atoms with Gasteiger partial charge in [-0.25, -0.2) is 4.79 Å². The van der Waals surface area contributed by atoms with Crippen molar-refractivity contribution < 1.29 is 9.53 Å². The van der Waals surface area contributed by atoms with Gasteiger partial charge in [-0.2, -0.15) is 5.10 Å². The first-order valence-electron chi connectivity index (χ1n) is 11.5. The van der Waals surface area contributed by atoms with Gasteiger partial charge in [0.05, 0.1) is 30.6 Å². The molecule has 3 aromatic rings. The van der Waals surface area contributed by atoms with Gasteiger partial charge in [-0.3, -0.25) is 9.67 Å². The lowest BCUT2D eigenvalue weighted by molar-refractivity contribution is 0.251. The molecule has 1 aliphatic carbocycles. The number of hydrogen-bond donors (Lipinski definition) is 2. The van der Waals surface area contributed by atoms with Gasteiger partial charge in [0, 0.05) is 23.6 Å². The molecule has 1 aromatic carbocycles. The minimum atomic E-state index is -0.259. The van der Waals surface area contributed by atoms with Gasteiger partial charge in [-0.15, -0.1) is 0 Å². The number of nitrogens with zero attached hydrogens (tertiary/aromatic N) is 3. The fourth-order valence-electron chi connectivity index (χ4n) is 4.01. The van der Waals surface area contributed by atoms with Gasteiger partial charge in [-0.05, 0) is 61.7 Å². The molecule has 2 heterocycles. The molecule has 0 radical (unpaired) electrons. The number of carbonyl (C=O) groups is 1. The first kappa shape index (κ1) is 21.9. The zero-order valence-electron chi connectivity index (χ0n) is 18.6. The molecule has 2 N–H and O–H groups in total. The Labute approximate surface area is 189 Å². The van der Waals surface area contributed by atoms with Gasteiger partial charge in [0.1, 0.15) is 5.75 Å². The van der Waals surface area contributed by atoms with Crippen LogP contribution in [0.15, 0.2) is 54.9 Å². The SMILES string of the molecule is CCCCOc1ccc(NC(=O)NCc2cc(-c3ccncc3)n(C3CCCC3)n2)cc1. The molecule has 2 aromatic heterocycles. The van der Waals surface area contributed by atoms with Crippen molar-refractivity contribution in [3.8, 4) is 17.0 Å². The second-order valence-corrected chi connectivity index (χ2v) is 8.17. The highest BCUT2D eigenvalue weighted by Gasteiger charge is 2.22. The maximum absolute atomic E-state index is 12.4. The van der Waals surface area contributed by atoms with E-state index < -0.39 is 0 Å². The Morgan fingerprint density at radius 3 is 2.59 bits per heavy atom. The summed E-state index contributed by atoms with van der Waals surface area (Å²) in [6, 6.07) is 13.7. The van der Waals surface area contributed by atoms with Gasteiger partial charge >= 0.3 is 6.03 Å². The Morgan fingerprint density at radius 1 is 1.12 bits per heavy atom. The molecule has 7 nitrogen and oxygen atoms in total. The van der Waals surface area contributed by atoms with E-state index in [-0.39, 0.29) is 6.03 Å². The largest absolute Gasteiger partial charge is 0.494 e. The van der Waals surface area contributed by atoms with Crippen molar-refractivity contribution in [2.45, 2.75) is 58.0 Å². The van der Waals surface area contributed by atoms with Crippen molar-refractivity contribution >= 4 is 11.7 Å². The molecule has 1 aliphatic rings. The number of unbranched alkanes of at least 4 members (excludes halogenated alkanes) is 1. The molecule has 32 heavy (non-hydrogen) atoms. The quantitative estimate of drug-likeness (QED) is 0.433. The maximum atomic E-state index is 12.4. The Balaban J connectivity index is 1.36. The normalized spacial score (nSPS) is 13.8. The molecule has 0 bridgehead atoms. The van der Waals surface area contributed by atoms with Gasteiger partial charge < -0.3 is 15.4 Å². The smallest absolute Gasteiger partial charge is 0.319 e. The van der Waals surface area contributed by atoms with E-state index in [2.05, 4.69) is 33.3 Å². The van der Waals surface area contributed by atoms with Crippen LogP contribution in [-0.4, -0.2) is 27.4 Å². The van der Waals surface area contributed by atoms with Gasteiger partial charge in [-0.1, -0.05) is 26.2 Å². The lowest BCUT2D eigenvalue weighted by Gasteiger charge is -2.14. The maximum Gasteiger partial charge on any atom is 0.319 e. The summed E-state index contributed by atoms with van der Waals surface area (Å²) >= 11 is 0. The summed E-state index contributed by atoms with van der Waals surface area (Å²) in [5, 5.41) is 10.6. The zero-order valence-corrected chi connectivity index (χ0v) is 18.6. The average Bonchev–Trinajstić information content (AvgIpc) is 3.50. The molecule has 168 valence electrons. The number of carbonyl (C=O) groups excluding carboxylic acids is 1. The summed E-state index contributed by atoms with van der Waals surface area (Å²) in [5.41, 5.74) is 3.74. The first-order valence-corrected chi connectivity index (χ1v) is 11.5. The molecule has 0 unspecified atom stereocenters. The molecule has 2 amide bonds. The van der Waals surface area contributed by atoms with E-state index in [9.17, 15) is 4.79 Å². The zero-order chi connectivity index (χ0) is 22.2. The molecule has 0 atom stereocenters. The monoisotopic (exact) mass is 433 g/mol. The van der Waals surface area contributed by atoms with Crippen LogP contribution in [0.5, 0.6) is 5.75 Å². The lowest BCUT2D eigenvalue weighted by atomic mass is 10.1. The second-order valence-electron chi connectivity index (χ2n) is 8.17. The Hall–Kier alpha value is -3.35. The highest BCUT2D eigenvalue weighted by atomic mass is 16.5. The third kappa shape index (κ3) is 5.66. The van der Waals surface area contributed by atoms with Crippen molar-refractivity contribution in [1.82, 2.24) is 20.1 Å². The van der Waals surface area contributed by atoms with E-state index in [0.717, 1.165) is 54.1 Å². The number of aromatic nitrogens is 3. The van der Waals surface area contributed by atoms with Crippen LogP contribution >= 0.6 is 0 Å². The van der Waals surface area contributed by atoms with E-state index in [1.54, 1.807) is 12.4 Å². The number of anilines is 1. The number of pyridine rings is 1. The van der Waals surface area contributed by atoms with Crippen LogP contribution in [0.3, 0.4) is 0 Å². The molecule has 7 heteroatoms. The highest BCUT2D eigenvalue weighted by Crippen LogP contribution is 2.33. The fourth-order valence-corrected chi connectivity index (χ4v) is 4.01. The van der Waals surface area contributed by atoms with Crippen LogP contribution < -0.4 is 15.4 Å². The number of hydrogen-bond acceptors (Lipinski definition) is 4. The van der Waals surface area contributed by atoms with Crippen molar-refractivity contribution in [1.29, 1.82) is 0 Å². The minimum Gasteiger partial charge on any atom is -0.494 e. The molecule has 1 saturated carbocycles. The number of benzene rings is 1. The minimum absolute atomic E-state index is 0.259. The van der Waals surface area contributed by atoms with Crippen molar-refractivity contribution in [2.24, 2.45) is 0 Å². The summed E-state index contributed by atoms with van der Waals surface area (Å²) in [4.78, 5) is 16.5. The Morgan fingerprint density at radius 2 is 1.88 bits per heavy atom. The van der Waals surface area contributed by atoms with E-state index in [0.29, 0.717) is 19.2 Å². The van der Waals surface area contributed by atoms with Crippen LogP contribution in [0.4, 0.5) is 10.5 Å². The molecular formula is C25H31N5O2. The van der Waals surface area contributed by atoms with E-state index in [1.165, 1.54) is 12.8 Å². The summed E-state index contributed by atoms with van der Waals surface area (Å²) in [6.07, 6.45) is 10.5. The number of ether oxygens (including phenoxy) is 1. The number of urea groups is 1. The lowest BCUT2D eigenvalue weighted by Crippen LogP contribution is -2.28. The van der Waals surface area contributed by atoms with Crippen molar-refractivity contribution in [3.05, 3.63) is 60.6 Å². The van der Waals surface area contributed by atoms with Crippen LogP contribution in [0, 0.1) is 0 Å². The van der Waals surface area contributed by atoms with Crippen LogP contribution in [0.1, 0.15) is 57.2 Å². The highest BCUT2D eigenvalue weighted by molar-refractivity contribution is 5.89. The molecular weight excluding hydrogens is 402 g/mol. The molecule has 0 spiro atoms. The van der Waals surface area contributed by atoms with Gasteiger partial charge in [0.25, 0.3) is 0 Å². The standard InChI is InChI=1S/C25H31N5O2/c1-2-3-16-32-23-10-8-20(9-11-23)28-25(31)27-18-21-17-24(19-12-14-26-15-13-19)30(29-21)22-6-4-5-7-22/h8-15,17,22H,2-7,16,18H2,1H3,(H2,27,28,31). The van der Waals surface area contributed by atoms with Crippen LogP contribution in [0.25, 0.3) is 11.3 Å². The summed E-state index contributed by atoms with van der Waals surface area (Å²) in [6.45, 7) is 3.20. The van der Waals surface area contributed by atoms with E-state index >= 15 is 0 Å². The number of nitrogens with one attached hydrogen (secondary N) is 2. The molecule has 1 fully saturated rings. The first-order chi connectivity index (χ1) is 15.7. The second kappa shape index (κ2) is 10.8. The predicted octanol–water partition coefficient (Wildman–Crippen LogP) is 5.56. The third-order valence-corrected chi connectivity index (χ3v) is 5.74. The summed E-state index contributed by atoms with van der Waals surface area (Å²) < 4.78 is 7.79. The Kier molecular flexibility index (Phi) is 7.38. The summed E-state index contributed by atoms with van der Waals surface area (Å²) in [7, 11) is 0. The molecule has 0 aliphatic heterocycles. The number of amides is 2.